The molecular formula is C29H26ClN6OS+. The molecule has 0 bridgehead atoms. The Balaban J connectivity index is 1.20. The number of hydrazine groups is 1. The van der Waals surface area contributed by atoms with E-state index in [0.717, 1.165) is 64.0 Å². The highest BCUT2D eigenvalue weighted by Gasteiger charge is 2.52. The van der Waals surface area contributed by atoms with Gasteiger partial charge in [-0.25, -0.2) is 0 Å². The number of nitrogens with one attached hydrogen (secondary N) is 1. The van der Waals surface area contributed by atoms with Gasteiger partial charge in [-0.15, -0.1) is 27.0 Å². The van der Waals surface area contributed by atoms with Gasteiger partial charge in [-0.05, 0) is 55.4 Å². The molecule has 0 amide bonds. The van der Waals surface area contributed by atoms with Gasteiger partial charge in [0.05, 0.1) is 17.0 Å². The maximum atomic E-state index is 13.5. The van der Waals surface area contributed by atoms with Crippen molar-refractivity contribution in [2.45, 2.75) is 63.1 Å². The number of nitrogens with zero attached hydrogens (tertiary/aromatic N) is 5. The molecule has 0 radical (unpaired) electrons. The van der Waals surface area contributed by atoms with Gasteiger partial charge in [0.1, 0.15) is 27.3 Å². The largest absolute Gasteiger partial charge is 0.271 e. The molecule has 3 heterocycles. The SMILES string of the molecule is Cc1nnc2n1-c1sc3c(c1C(c1ccccc1Cl)=NC21CC1)C[C@H]([N+](=O)N[C@H]1CCc2ccccc21)C3. The summed E-state index contributed by atoms with van der Waals surface area (Å²) in [5.74, 6) is 1.79. The van der Waals surface area contributed by atoms with Crippen LogP contribution in [-0.2, 0) is 24.8 Å². The van der Waals surface area contributed by atoms with Gasteiger partial charge in [0, 0.05) is 27.4 Å². The van der Waals surface area contributed by atoms with Gasteiger partial charge >= 0.3 is 0 Å². The standard InChI is InChI=1S/C29H26ClN6OS/c1-16-32-33-28-29(12-13-29)31-26(20-8-4-5-9-22(20)30)25-21-14-18(15-24(21)38-27(25)35(16)28)36(37)34-23-11-10-17-6-2-3-7-19(17)23/h2-9,18,23H,10-15H2,1H3,(H,34,37)/q+1/t18-,23-/m0/s1. The number of hydrogen-bond acceptors (Lipinski definition) is 5. The fraction of sp³-hybridized carbons (Fsp3) is 0.345. The third-order valence-corrected chi connectivity index (χ3v) is 10.1. The van der Waals surface area contributed by atoms with Crippen molar-refractivity contribution < 1.29 is 4.87 Å². The summed E-state index contributed by atoms with van der Waals surface area (Å²) < 4.78 is 2.20. The van der Waals surface area contributed by atoms with Crippen LogP contribution < -0.4 is 5.43 Å². The van der Waals surface area contributed by atoms with Crippen LogP contribution in [0.4, 0.5) is 0 Å². The Bertz CT molecular complexity index is 1680. The normalized spacial score (nSPS) is 21.8. The van der Waals surface area contributed by atoms with Gasteiger partial charge in [0.15, 0.2) is 5.82 Å². The number of halogens is 1. The molecule has 1 spiro atoms. The van der Waals surface area contributed by atoms with Crippen molar-refractivity contribution in [3.63, 3.8) is 0 Å². The van der Waals surface area contributed by atoms with E-state index in [-0.39, 0.29) is 17.6 Å². The zero-order valence-corrected chi connectivity index (χ0v) is 22.5. The third-order valence-electron chi connectivity index (χ3n) is 8.54. The van der Waals surface area contributed by atoms with Crippen molar-refractivity contribution in [2.75, 3.05) is 0 Å². The zero-order chi connectivity index (χ0) is 25.6. The van der Waals surface area contributed by atoms with Crippen LogP contribution in [0, 0.1) is 11.8 Å². The quantitative estimate of drug-likeness (QED) is 0.271. The van der Waals surface area contributed by atoms with Gasteiger partial charge in [-0.2, -0.15) is 0 Å². The number of fused-ring (bicyclic) bond motifs is 7. The van der Waals surface area contributed by atoms with E-state index in [4.69, 9.17) is 16.6 Å². The molecule has 4 aliphatic rings. The molecule has 2 aromatic carbocycles. The summed E-state index contributed by atoms with van der Waals surface area (Å²) >= 11 is 8.51. The molecule has 3 aliphatic carbocycles. The monoisotopic (exact) mass is 541 g/mol. The number of aryl methyl sites for hydroxylation is 2. The molecule has 7 nitrogen and oxygen atoms in total. The van der Waals surface area contributed by atoms with Crippen LogP contribution in [-0.4, -0.2) is 31.4 Å². The average molecular weight is 542 g/mol. The summed E-state index contributed by atoms with van der Waals surface area (Å²) in [4.78, 5) is 21.2. The third kappa shape index (κ3) is 3.23. The molecule has 1 fully saturated rings. The highest BCUT2D eigenvalue weighted by atomic mass is 35.5. The Morgan fingerprint density at radius 3 is 2.76 bits per heavy atom. The molecule has 2 atom stereocenters. The van der Waals surface area contributed by atoms with Crippen LogP contribution in [0.1, 0.15) is 69.6 Å². The summed E-state index contributed by atoms with van der Waals surface area (Å²) in [6.07, 6.45) is 5.21. The van der Waals surface area contributed by atoms with Crippen molar-refractivity contribution in [1.82, 2.24) is 20.2 Å². The Kier molecular flexibility index (Phi) is 4.80. The van der Waals surface area contributed by atoms with E-state index in [2.05, 4.69) is 50.5 Å². The number of thiophene rings is 1. The van der Waals surface area contributed by atoms with E-state index in [9.17, 15) is 4.91 Å². The van der Waals surface area contributed by atoms with Crippen molar-refractivity contribution in [3.8, 4) is 5.00 Å². The highest BCUT2D eigenvalue weighted by Crippen LogP contribution is 2.54. The Morgan fingerprint density at radius 1 is 1.11 bits per heavy atom. The fourth-order valence-electron chi connectivity index (χ4n) is 6.45. The van der Waals surface area contributed by atoms with Crippen molar-refractivity contribution in [1.29, 1.82) is 0 Å². The zero-order valence-electron chi connectivity index (χ0n) is 20.9. The van der Waals surface area contributed by atoms with Gasteiger partial charge in [0.2, 0.25) is 6.04 Å². The van der Waals surface area contributed by atoms with E-state index in [1.165, 1.54) is 21.6 Å². The molecule has 4 aromatic rings. The van der Waals surface area contributed by atoms with E-state index >= 15 is 0 Å². The molecule has 0 saturated heterocycles. The first-order valence-corrected chi connectivity index (χ1v) is 14.4. The number of aliphatic imine (C=N–C) groups is 1. The maximum absolute atomic E-state index is 13.5. The summed E-state index contributed by atoms with van der Waals surface area (Å²) in [7, 11) is 0. The van der Waals surface area contributed by atoms with Crippen LogP contribution >= 0.6 is 22.9 Å². The summed E-state index contributed by atoms with van der Waals surface area (Å²) in [6.45, 7) is 2.01. The van der Waals surface area contributed by atoms with Crippen molar-refractivity contribution in [2.24, 2.45) is 4.99 Å². The molecular weight excluding hydrogens is 516 g/mol. The molecule has 190 valence electrons. The Hall–Kier alpha value is -3.36. The summed E-state index contributed by atoms with van der Waals surface area (Å²) in [5.41, 5.74) is 9.67. The first kappa shape index (κ1) is 22.6. The maximum Gasteiger partial charge on any atom is 0.243 e. The minimum Gasteiger partial charge on any atom is -0.271 e. The molecule has 38 heavy (non-hydrogen) atoms. The van der Waals surface area contributed by atoms with Crippen molar-refractivity contribution in [3.05, 3.63) is 103 Å². The number of aromatic nitrogens is 3. The van der Waals surface area contributed by atoms with Crippen molar-refractivity contribution >= 4 is 28.6 Å². The number of benzene rings is 2. The lowest BCUT2D eigenvalue weighted by molar-refractivity contribution is -0.645. The van der Waals surface area contributed by atoms with Crippen LogP contribution in [0.3, 0.4) is 0 Å². The lowest BCUT2D eigenvalue weighted by Crippen LogP contribution is -2.38. The summed E-state index contributed by atoms with van der Waals surface area (Å²) in [5, 5.41) is 10.8. The molecule has 1 aliphatic heterocycles. The lowest BCUT2D eigenvalue weighted by Gasteiger charge is -2.13. The second-order valence-corrected chi connectivity index (χ2v) is 12.4. The minimum absolute atomic E-state index is 0.0663. The molecule has 1 saturated carbocycles. The smallest absolute Gasteiger partial charge is 0.243 e. The number of hydrogen-bond donors (Lipinski definition) is 1. The fourth-order valence-corrected chi connectivity index (χ4v) is 8.12. The first-order chi connectivity index (χ1) is 18.5. The van der Waals surface area contributed by atoms with E-state index < -0.39 is 0 Å². The van der Waals surface area contributed by atoms with Crippen LogP contribution in [0.25, 0.3) is 5.00 Å². The Morgan fingerprint density at radius 2 is 1.92 bits per heavy atom. The molecule has 9 heteroatoms. The first-order valence-electron chi connectivity index (χ1n) is 13.3. The average Bonchev–Trinajstić information content (AvgIpc) is 3.21. The van der Waals surface area contributed by atoms with E-state index in [1.807, 2.05) is 25.1 Å². The second-order valence-electron chi connectivity index (χ2n) is 10.9. The molecule has 8 rings (SSSR count). The van der Waals surface area contributed by atoms with Gasteiger partial charge in [-0.3, -0.25) is 9.56 Å². The molecule has 1 N–H and O–H groups in total. The predicted octanol–water partition coefficient (Wildman–Crippen LogP) is 5.57. The van der Waals surface area contributed by atoms with Crippen LogP contribution in [0.5, 0.6) is 0 Å². The van der Waals surface area contributed by atoms with Gasteiger partial charge in [-0.1, -0.05) is 54.1 Å². The second kappa shape index (κ2) is 8.07. The highest BCUT2D eigenvalue weighted by molar-refractivity contribution is 7.15. The number of nitroso groups, excluding NO2 is 1. The topological polar surface area (TPSA) is 75.2 Å². The van der Waals surface area contributed by atoms with Gasteiger partial charge in [0.25, 0.3) is 0 Å². The van der Waals surface area contributed by atoms with Crippen LogP contribution in [0.2, 0.25) is 5.02 Å². The molecule has 0 unspecified atom stereocenters. The summed E-state index contributed by atoms with van der Waals surface area (Å²) in [6, 6.07) is 16.3. The lowest BCUT2D eigenvalue weighted by atomic mass is 9.98. The number of rotatable bonds is 4. The Labute approximate surface area is 229 Å². The van der Waals surface area contributed by atoms with E-state index in [1.54, 1.807) is 11.3 Å². The minimum atomic E-state index is -0.360. The molecule has 2 aromatic heterocycles. The van der Waals surface area contributed by atoms with E-state index in [0.29, 0.717) is 17.9 Å². The predicted molar refractivity (Wildman–Crippen MR) is 147 cm³/mol. The van der Waals surface area contributed by atoms with Gasteiger partial charge < -0.3 is 0 Å². The van der Waals surface area contributed by atoms with Crippen LogP contribution in [0.15, 0.2) is 53.5 Å².